The molecule has 1 aliphatic rings. The van der Waals surface area contributed by atoms with Gasteiger partial charge in [0.25, 0.3) is 0 Å². The number of rotatable bonds is 4. The molecule has 1 aromatic carbocycles. The highest BCUT2D eigenvalue weighted by Crippen LogP contribution is 2.25. The first-order chi connectivity index (χ1) is 11.2. The molecular formula is C18H21N3O2. The standard InChI is InChI=1S/C18H21N3O2/c1-14-13-23-16(15-6-3-2-4-7-15)12-21(14)18(22)9-8-17-19-10-5-11-20-17/h2-7,10-11,14,16H,8-9,12-13H2,1H3. The third-order valence-corrected chi connectivity index (χ3v) is 4.11. The van der Waals surface area contributed by atoms with E-state index in [1.54, 1.807) is 18.5 Å². The molecule has 1 amide bonds. The van der Waals surface area contributed by atoms with Crippen molar-refractivity contribution in [1.82, 2.24) is 14.9 Å². The Morgan fingerprint density at radius 2 is 1.96 bits per heavy atom. The van der Waals surface area contributed by atoms with Crippen LogP contribution in [0.15, 0.2) is 48.8 Å². The molecule has 0 radical (unpaired) electrons. The Morgan fingerprint density at radius 3 is 2.70 bits per heavy atom. The second kappa shape index (κ2) is 7.33. The van der Waals surface area contributed by atoms with Crippen molar-refractivity contribution in [3.8, 4) is 0 Å². The number of ether oxygens (including phenoxy) is 1. The van der Waals surface area contributed by atoms with E-state index in [-0.39, 0.29) is 18.1 Å². The fourth-order valence-corrected chi connectivity index (χ4v) is 2.80. The van der Waals surface area contributed by atoms with Gasteiger partial charge in [0, 0.05) is 25.2 Å². The lowest BCUT2D eigenvalue weighted by Crippen LogP contribution is -2.48. The van der Waals surface area contributed by atoms with Crippen LogP contribution in [0.4, 0.5) is 0 Å². The van der Waals surface area contributed by atoms with Gasteiger partial charge in [-0.25, -0.2) is 9.97 Å². The number of amides is 1. The highest BCUT2D eigenvalue weighted by atomic mass is 16.5. The van der Waals surface area contributed by atoms with Crippen molar-refractivity contribution in [1.29, 1.82) is 0 Å². The molecule has 0 aliphatic carbocycles. The van der Waals surface area contributed by atoms with Gasteiger partial charge in [-0.2, -0.15) is 0 Å². The average Bonchev–Trinajstić information content (AvgIpc) is 2.62. The van der Waals surface area contributed by atoms with E-state index in [2.05, 4.69) is 9.97 Å². The van der Waals surface area contributed by atoms with Crippen molar-refractivity contribution < 1.29 is 9.53 Å². The molecule has 2 unspecified atom stereocenters. The van der Waals surface area contributed by atoms with Gasteiger partial charge in [0.05, 0.1) is 19.2 Å². The summed E-state index contributed by atoms with van der Waals surface area (Å²) in [6.45, 7) is 3.19. The number of carbonyl (C=O) groups excluding carboxylic acids is 1. The van der Waals surface area contributed by atoms with Crippen LogP contribution in [0, 0.1) is 0 Å². The summed E-state index contributed by atoms with van der Waals surface area (Å²) in [6, 6.07) is 11.9. The van der Waals surface area contributed by atoms with E-state index in [1.807, 2.05) is 42.2 Å². The first-order valence-corrected chi connectivity index (χ1v) is 7.96. The molecule has 0 bridgehead atoms. The van der Waals surface area contributed by atoms with E-state index in [0.717, 1.165) is 5.56 Å². The molecule has 0 N–H and O–H groups in total. The fraction of sp³-hybridized carbons (Fsp3) is 0.389. The number of aryl methyl sites for hydroxylation is 1. The maximum atomic E-state index is 12.6. The van der Waals surface area contributed by atoms with E-state index < -0.39 is 0 Å². The number of morpholine rings is 1. The third kappa shape index (κ3) is 3.93. The Kier molecular flexibility index (Phi) is 4.98. The van der Waals surface area contributed by atoms with Crippen LogP contribution < -0.4 is 0 Å². The van der Waals surface area contributed by atoms with Crippen LogP contribution in [0.2, 0.25) is 0 Å². The lowest BCUT2D eigenvalue weighted by atomic mass is 10.1. The van der Waals surface area contributed by atoms with Crippen LogP contribution >= 0.6 is 0 Å². The highest BCUT2D eigenvalue weighted by Gasteiger charge is 2.30. The molecule has 120 valence electrons. The summed E-state index contributed by atoms with van der Waals surface area (Å²) in [7, 11) is 0. The summed E-state index contributed by atoms with van der Waals surface area (Å²) in [5, 5.41) is 0. The molecule has 2 heterocycles. The average molecular weight is 311 g/mol. The summed E-state index contributed by atoms with van der Waals surface area (Å²) in [5.41, 5.74) is 1.11. The van der Waals surface area contributed by atoms with Crippen LogP contribution in [0.5, 0.6) is 0 Å². The minimum Gasteiger partial charge on any atom is -0.370 e. The Balaban J connectivity index is 1.62. The molecule has 23 heavy (non-hydrogen) atoms. The van der Waals surface area contributed by atoms with Gasteiger partial charge in [-0.05, 0) is 18.6 Å². The zero-order chi connectivity index (χ0) is 16.1. The van der Waals surface area contributed by atoms with Gasteiger partial charge in [0.2, 0.25) is 5.91 Å². The maximum absolute atomic E-state index is 12.6. The molecule has 1 aromatic heterocycles. The molecule has 0 spiro atoms. The minimum absolute atomic E-state index is 0.0516. The van der Waals surface area contributed by atoms with Crippen molar-refractivity contribution in [2.75, 3.05) is 13.2 Å². The maximum Gasteiger partial charge on any atom is 0.223 e. The van der Waals surface area contributed by atoms with Crippen molar-refractivity contribution >= 4 is 5.91 Å². The van der Waals surface area contributed by atoms with Crippen LogP contribution in [-0.4, -0.2) is 40.0 Å². The van der Waals surface area contributed by atoms with Crippen molar-refractivity contribution in [2.24, 2.45) is 0 Å². The third-order valence-electron chi connectivity index (χ3n) is 4.11. The molecule has 5 nitrogen and oxygen atoms in total. The first kappa shape index (κ1) is 15.6. The van der Waals surface area contributed by atoms with Crippen LogP contribution in [0.3, 0.4) is 0 Å². The molecule has 0 saturated carbocycles. The van der Waals surface area contributed by atoms with E-state index >= 15 is 0 Å². The topological polar surface area (TPSA) is 55.3 Å². The second-order valence-corrected chi connectivity index (χ2v) is 5.79. The smallest absolute Gasteiger partial charge is 0.223 e. The van der Waals surface area contributed by atoms with E-state index in [4.69, 9.17) is 4.74 Å². The van der Waals surface area contributed by atoms with E-state index in [1.165, 1.54) is 0 Å². The van der Waals surface area contributed by atoms with Crippen molar-refractivity contribution in [2.45, 2.75) is 31.9 Å². The van der Waals surface area contributed by atoms with Gasteiger partial charge >= 0.3 is 0 Å². The summed E-state index contributed by atoms with van der Waals surface area (Å²) in [6.07, 6.45) is 4.35. The molecule has 1 saturated heterocycles. The number of hydrogen-bond acceptors (Lipinski definition) is 4. The molecule has 1 fully saturated rings. The summed E-state index contributed by atoms with van der Waals surface area (Å²) in [5.74, 6) is 0.843. The van der Waals surface area contributed by atoms with Crippen molar-refractivity contribution in [3.63, 3.8) is 0 Å². The largest absolute Gasteiger partial charge is 0.370 e. The SMILES string of the molecule is CC1COC(c2ccccc2)CN1C(=O)CCc1ncccn1. The van der Waals surface area contributed by atoms with E-state index in [9.17, 15) is 4.79 Å². The summed E-state index contributed by atoms with van der Waals surface area (Å²) < 4.78 is 5.90. The highest BCUT2D eigenvalue weighted by molar-refractivity contribution is 5.76. The second-order valence-electron chi connectivity index (χ2n) is 5.79. The Morgan fingerprint density at radius 1 is 1.22 bits per heavy atom. The lowest BCUT2D eigenvalue weighted by Gasteiger charge is -2.38. The summed E-state index contributed by atoms with van der Waals surface area (Å²) in [4.78, 5) is 22.8. The van der Waals surface area contributed by atoms with Gasteiger partial charge in [0.15, 0.2) is 0 Å². The van der Waals surface area contributed by atoms with Crippen LogP contribution in [-0.2, 0) is 16.0 Å². The molecule has 2 aromatic rings. The molecule has 5 heteroatoms. The van der Waals surface area contributed by atoms with E-state index in [0.29, 0.717) is 31.8 Å². The number of hydrogen-bond donors (Lipinski definition) is 0. The Hall–Kier alpha value is -2.27. The minimum atomic E-state index is -0.0516. The zero-order valence-electron chi connectivity index (χ0n) is 13.3. The number of benzene rings is 1. The quantitative estimate of drug-likeness (QED) is 0.870. The van der Waals surface area contributed by atoms with Crippen LogP contribution in [0.25, 0.3) is 0 Å². The normalized spacial score (nSPS) is 21.2. The number of nitrogens with zero attached hydrogens (tertiary/aromatic N) is 3. The van der Waals surface area contributed by atoms with Gasteiger partial charge < -0.3 is 9.64 Å². The van der Waals surface area contributed by atoms with Gasteiger partial charge in [0.1, 0.15) is 11.9 Å². The fourth-order valence-electron chi connectivity index (χ4n) is 2.80. The molecule has 1 aliphatic heterocycles. The van der Waals surface area contributed by atoms with Gasteiger partial charge in [-0.1, -0.05) is 30.3 Å². The summed E-state index contributed by atoms with van der Waals surface area (Å²) >= 11 is 0. The van der Waals surface area contributed by atoms with Gasteiger partial charge in [-0.15, -0.1) is 0 Å². The molecular weight excluding hydrogens is 290 g/mol. The monoisotopic (exact) mass is 311 g/mol. The number of carbonyl (C=O) groups is 1. The molecule has 3 rings (SSSR count). The Bertz CT molecular complexity index is 633. The van der Waals surface area contributed by atoms with Gasteiger partial charge in [-0.3, -0.25) is 4.79 Å². The van der Waals surface area contributed by atoms with Crippen molar-refractivity contribution in [3.05, 3.63) is 60.2 Å². The lowest BCUT2D eigenvalue weighted by molar-refractivity contribution is -0.144. The molecule has 2 atom stereocenters. The van der Waals surface area contributed by atoms with Crippen LogP contribution in [0.1, 0.15) is 30.8 Å². The zero-order valence-corrected chi connectivity index (χ0v) is 13.3. The number of aromatic nitrogens is 2. The Labute approximate surface area is 136 Å². The first-order valence-electron chi connectivity index (χ1n) is 7.96. The predicted octanol–water partition coefficient (Wildman–Crippen LogP) is 2.40. The predicted molar refractivity (Wildman–Crippen MR) is 86.7 cm³/mol.